The molecule has 1 unspecified atom stereocenters. The number of hydrogen-bond acceptors (Lipinski definition) is 4. The number of nitrogens with one attached hydrogen (secondary N) is 1. The highest BCUT2D eigenvalue weighted by atomic mass is 16.5. The predicted octanol–water partition coefficient (Wildman–Crippen LogP) is 5.79. The fraction of sp³-hybridized carbons (Fsp3) is 0.286. The number of benzene rings is 3. The maximum absolute atomic E-state index is 12.3. The van der Waals surface area contributed by atoms with Crippen LogP contribution < -0.4 is 14.9 Å². The lowest BCUT2D eigenvalue weighted by Gasteiger charge is -2.19. The van der Waals surface area contributed by atoms with Crippen LogP contribution in [0.3, 0.4) is 0 Å². The van der Waals surface area contributed by atoms with Crippen molar-refractivity contribution >= 4 is 12.1 Å². The van der Waals surface area contributed by atoms with Gasteiger partial charge in [-0.25, -0.2) is 5.43 Å². The lowest BCUT2D eigenvalue weighted by Crippen LogP contribution is -2.33. The summed E-state index contributed by atoms with van der Waals surface area (Å²) in [5, 5.41) is 4.04. The zero-order valence-electron chi connectivity index (χ0n) is 20.0. The van der Waals surface area contributed by atoms with E-state index in [9.17, 15) is 4.79 Å². The van der Waals surface area contributed by atoms with Gasteiger partial charge in [0.25, 0.3) is 5.91 Å². The van der Waals surface area contributed by atoms with Crippen LogP contribution in [0.15, 0.2) is 77.9 Å². The third-order valence-corrected chi connectivity index (χ3v) is 5.20. The van der Waals surface area contributed by atoms with Crippen LogP contribution in [0, 0.1) is 6.92 Å². The predicted molar refractivity (Wildman–Crippen MR) is 133 cm³/mol. The van der Waals surface area contributed by atoms with E-state index in [-0.39, 0.29) is 11.3 Å². The number of hydrazone groups is 1. The Balaban J connectivity index is 1.45. The first-order valence-electron chi connectivity index (χ1n) is 11.1. The largest absolute Gasteiger partial charge is 0.489 e. The lowest BCUT2D eigenvalue weighted by atomic mass is 9.87. The van der Waals surface area contributed by atoms with Gasteiger partial charge in [0.15, 0.2) is 6.10 Å². The standard InChI is InChI=1S/C28H32N2O3/c1-20-6-8-23(9-7-20)19-32-25-14-10-22(11-15-25)18-29-30-27(31)21(2)33-26-16-12-24(13-17-26)28(3,4)5/h6-18,21H,19H2,1-5H3,(H,30,31)/b29-18+. The van der Waals surface area contributed by atoms with E-state index >= 15 is 0 Å². The normalized spacial score (nSPS) is 12.4. The van der Waals surface area contributed by atoms with E-state index in [0.29, 0.717) is 12.4 Å². The molecule has 172 valence electrons. The van der Waals surface area contributed by atoms with Gasteiger partial charge in [0, 0.05) is 0 Å². The van der Waals surface area contributed by atoms with E-state index in [4.69, 9.17) is 9.47 Å². The van der Waals surface area contributed by atoms with Crippen molar-refractivity contribution in [2.24, 2.45) is 5.10 Å². The summed E-state index contributed by atoms with van der Waals surface area (Å²) in [5.74, 6) is 1.11. The number of amides is 1. The Bertz CT molecular complexity index is 1060. The summed E-state index contributed by atoms with van der Waals surface area (Å²) in [6.45, 7) is 10.7. The molecular formula is C28H32N2O3. The van der Waals surface area contributed by atoms with E-state index in [1.54, 1.807) is 13.1 Å². The van der Waals surface area contributed by atoms with E-state index < -0.39 is 6.10 Å². The van der Waals surface area contributed by atoms with Crippen molar-refractivity contribution in [2.75, 3.05) is 0 Å². The van der Waals surface area contributed by atoms with E-state index in [1.165, 1.54) is 11.1 Å². The summed E-state index contributed by atoms with van der Waals surface area (Å²) in [4.78, 5) is 12.3. The first-order chi connectivity index (χ1) is 15.7. The van der Waals surface area contributed by atoms with Gasteiger partial charge in [-0.1, -0.05) is 62.7 Å². The molecule has 0 heterocycles. The van der Waals surface area contributed by atoms with Crippen molar-refractivity contribution in [3.05, 3.63) is 95.1 Å². The number of aryl methyl sites for hydroxylation is 1. The highest BCUT2D eigenvalue weighted by Gasteiger charge is 2.16. The average Bonchev–Trinajstić information content (AvgIpc) is 2.79. The Morgan fingerprint density at radius 1 is 0.939 bits per heavy atom. The molecule has 0 aliphatic rings. The third-order valence-electron chi connectivity index (χ3n) is 5.20. The average molecular weight is 445 g/mol. The minimum Gasteiger partial charge on any atom is -0.489 e. The molecule has 5 heteroatoms. The molecule has 5 nitrogen and oxygen atoms in total. The minimum absolute atomic E-state index is 0.0711. The van der Waals surface area contributed by atoms with E-state index in [1.807, 2.05) is 48.5 Å². The quantitative estimate of drug-likeness (QED) is 0.353. The van der Waals surface area contributed by atoms with Gasteiger partial charge in [0.2, 0.25) is 0 Å². The molecule has 3 rings (SSSR count). The molecule has 0 saturated carbocycles. The minimum atomic E-state index is -0.666. The molecule has 0 saturated heterocycles. The first-order valence-corrected chi connectivity index (χ1v) is 11.1. The van der Waals surface area contributed by atoms with Crippen molar-refractivity contribution in [3.63, 3.8) is 0 Å². The van der Waals surface area contributed by atoms with Crippen LogP contribution >= 0.6 is 0 Å². The van der Waals surface area contributed by atoms with Crippen molar-refractivity contribution in [1.82, 2.24) is 5.43 Å². The lowest BCUT2D eigenvalue weighted by molar-refractivity contribution is -0.127. The summed E-state index contributed by atoms with van der Waals surface area (Å²) in [7, 11) is 0. The first kappa shape index (κ1) is 24.1. The fourth-order valence-electron chi connectivity index (χ4n) is 3.05. The van der Waals surface area contributed by atoms with Gasteiger partial charge in [-0.15, -0.1) is 0 Å². The molecule has 0 spiro atoms. The van der Waals surface area contributed by atoms with Gasteiger partial charge in [0.1, 0.15) is 18.1 Å². The second-order valence-electron chi connectivity index (χ2n) is 9.11. The zero-order chi connectivity index (χ0) is 23.8. The Kier molecular flexibility index (Phi) is 7.88. The number of carbonyl (C=O) groups is 1. The van der Waals surface area contributed by atoms with Gasteiger partial charge < -0.3 is 9.47 Å². The van der Waals surface area contributed by atoms with Crippen LogP contribution in [0.25, 0.3) is 0 Å². The number of carbonyl (C=O) groups excluding carboxylic acids is 1. The molecule has 0 aliphatic heterocycles. The van der Waals surface area contributed by atoms with E-state index in [0.717, 1.165) is 16.9 Å². The second-order valence-corrected chi connectivity index (χ2v) is 9.11. The topological polar surface area (TPSA) is 59.9 Å². The molecule has 33 heavy (non-hydrogen) atoms. The Hall–Kier alpha value is -3.60. The molecule has 1 N–H and O–H groups in total. The van der Waals surface area contributed by atoms with Crippen LogP contribution in [0.5, 0.6) is 11.5 Å². The molecule has 0 aromatic heterocycles. The molecule has 1 atom stereocenters. The fourth-order valence-corrected chi connectivity index (χ4v) is 3.05. The maximum atomic E-state index is 12.3. The zero-order valence-corrected chi connectivity index (χ0v) is 20.0. The van der Waals surface area contributed by atoms with Gasteiger partial charge in [-0.2, -0.15) is 5.10 Å². The number of rotatable bonds is 8. The molecular weight excluding hydrogens is 412 g/mol. The Morgan fingerprint density at radius 2 is 1.55 bits per heavy atom. The Labute approximate surface area is 196 Å². The van der Waals surface area contributed by atoms with Gasteiger partial charge in [-0.3, -0.25) is 4.79 Å². The van der Waals surface area contributed by atoms with Gasteiger partial charge >= 0.3 is 0 Å². The summed E-state index contributed by atoms with van der Waals surface area (Å²) >= 11 is 0. The second kappa shape index (κ2) is 10.8. The summed E-state index contributed by atoms with van der Waals surface area (Å²) in [6.07, 6.45) is 0.923. The van der Waals surface area contributed by atoms with Crippen molar-refractivity contribution in [2.45, 2.75) is 52.7 Å². The molecule has 0 radical (unpaired) electrons. The number of nitrogens with zero attached hydrogens (tertiary/aromatic N) is 1. The molecule has 3 aromatic carbocycles. The van der Waals surface area contributed by atoms with Crippen molar-refractivity contribution in [1.29, 1.82) is 0 Å². The van der Waals surface area contributed by atoms with Gasteiger partial charge in [-0.05, 0) is 72.4 Å². The number of ether oxygens (including phenoxy) is 2. The highest BCUT2D eigenvalue weighted by Crippen LogP contribution is 2.24. The molecule has 0 aliphatic carbocycles. The third kappa shape index (κ3) is 7.49. The summed E-state index contributed by atoms with van der Waals surface area (Å²) in [5.41, 5.74) is 7.01. The maximum Gasteiger partial charge on any atom is 0.280 e. The van der Waals surface area contributed by atoms with Crippen LogP contribution in [-0.4, -0.2) is 18.2 Å². The molecule has 1 amide bonds. The highest BCUT2D eigenvalue weighted by molar-refractivity contribution is 5.84. The van der Waals surface area contributed by atoms with Crippen LogP contribution in [0.2, 0.25) is 0 Å². The smallest absolute Gasteiger partial charge is 0.280 e. The molecule has 0 fully saturated rings. The van der Waals surface area contributed by atoms with Crippen molar-refractivity contribution < 1.29 is 14.3 Å². The summed E-state index contributed by atoms with van der Waals surface area (Å²) < 4.78 is 11.5. The molecule has 0 bridgehead atoms. The van der Waals surface area contributed by atoms with Crippen molar-refractivity contribution in [3.8, 4) is 11.5 Å². The molecule has 3 aromatic rings. The SMILES string of the molecule is Cc1ccc(COc2ccc(/C=N/NC(=O)C(C)Oc3ccc(C(C)(C)C)cc3)cc2)cc1. The van der Waals surface area contributed by atoms with E-state index in [2.05, 4.69) is 62.5 Å². The van der Waals surface area contributed by atoms with Crippen LogP contribution in [0.4, 0.5) is 0 Å². The summed E-state index contributed by atoms with van der Waals surface area (Å²) in [6, 6.07) is 23.6. The Morgan fingerprint density at radius 3 is 2.15 bits per heavy atom. The number of hydrogen-bond donors (Lipinski definition) is 1. The van der Waals surface area contributed by atoms with Crippen LogP contribution in [0.1, 0.15) is 49.9 Å². The monoisotopic (exact) mass is 444 g/mol. The van der Waals surface area contributed by atoms with Gasteiger partial charge in [0.05, 0.1) is 6.21 Å². The van der Waals surface area contributed by atoms with Crippen LogP contribution in [-0.2, 0) is 16.8 Å².